The quantitative estimate of drug-likeness (QED) is 0.511. The van der Waals surface area contributed by atoms with Crippen LogP contribution >= 0.6 is 0 Å². The first kappa shape index (κ1) is 9.51. The summed E-state index contributed by atoms with van der Waals surface area (Å²) in [5.41, 5.74) is 7.72. The van der Waals surface area contributed by atoms with E-state index in [1.54, 1.807) is 6.07 Å². The van der Waals surface area contributed by atoms with Gasteiger partial charge in [-0.2, -0.15) is 0 Å². The Labute approximate surface area is 78.6 Å². The summed E-state index contributed by atoms with van der Waals surface area (Å²) in [5.74, 6) is 0. The Bertz CT molecular complexity index is 358. The Morgan fingerprint density at radius 3 is 2.85 bits per heavy atom. The van der Waals surface area contributed by atoms with Crippen molar-refractivity contribution in [1.29, 1.82) is 5.41 Å². The first-order chi connectivity index (χ1) is 6.15. The second-order valence-corrected chi connectivity index (χ2v) is 2.68. The minimum atomic E-state index is 0.234. The van der Waals surface area contributed by atoms with Crippen molar-refractivity contribution in [1.82, 2.24) is 4.98 Å². The van der Waals surface area contributed by atoms with Gasteiger partial charge in [-0.3, -0.25) is 4.98 Å². The molecule has 64 valence electrons. The summed E-state index contributed by atoms with van der Waals surface area (Å²) in [5, 5.41) is 6.93. The summed E-state index contributed by atoms with van der Waals surface area (Å²) in [6, 6.07) is 5.48. The third-order valence-corrected chi connectivity index (χ3v) is 1.63. The van der Waals surface area contributed by atoms with Crippen LogP contribution in [0.15, 0.2) is 23.7 Å². The molecule has 3 nitrogen and oxygen atoms in total. The highest BCUT2D eigenvalue weighted by Gasteiger charge is 2.00. The molecule has 13 heavy (non-hydrogen) atoms. The number of aryl methyl sites for hydroxylation is 1. The van der Waals surface area contributed by atoms with Crippen molar-refractivity contribution in [3.8, 4) is 0 Å². The number of aromatic nitrogens is 1. The van der Waals surface area contributed by atoms with E-state index in [9.17, 15) is 0 Å². The highest BCUT2D eigenvalue weighted by atomic mass is 14.8. The average Bonchev–Trinajstić information content (AvgIpc) is 2.15. The molecule has 3 N–H and O–H groups in total. The molecule has 1 rings (SSSR count). The van der Waals surface area contributed by atoms with Crippen LogP contribution < -0.4 is 5.73 Å². The molecule has 0 aliphatic carbocycles. The van der Waals surface area contributed by atoms with E-state index in [4.69, 9.17) is 19.0 Å². The van der Waals surface area contributed by atoms with Crippen LogP contribution in [0.4, 0.5) is 0 Å². The van der Waals surface area contributed by atoms with Crippen molar-refractivity contribution in [2.24, 2.45) is 5.73 Å². The molecule has 0 atom stereocenters. The van der Waals surface area contributed by atoms with E-state index in [2.05, 4.69) is 4.98 Å². The first-order valence-corrected chi connectivity index (χ1v) is 3.85. The fraction of sp³-hybridized carbons (Fsp3) is 0.111. The molecule has 4 heteroatoms. The minimum Gasteiger partial charge on any atom is -0.397 e. The molecular formula is C9H10BN3. The Morgan fingerprint density at radius 1 is 1.62 bits per heavy atom. The fourth-order valence-electron chi connectivity index (χ4n) is 0.919. The lowest BCUT2D eigenvalue weighted by Crippen LogP contribution is -2.05. The van der Waals surface area contributed by atoms with E-state index >= 15 is 0 Å². The van der Waals surface area contributed by atoms with Gasteiger partial charge in [0.05, 0.1) is 11.4 Å². The molecule has 0 aliphatic rings. The Hall–Kier alpha value is -1.58. The summed E-state index contributed by atoms with van der Waals surface area (Å²) >= 11 is 0. The van der Waals surface area contributed by atoms with Crippen molar-refractivity contribution in [2.75, 3.05) is 0 Å². The Kier molecular flexibility index (Phi) is 2.85. The third-order valence-electron chi connectivity index (χ3n) is 1.63. The number of allylic oxidation sites excluding steroid dienone is 1. The van der Waals surface area contributed by atoms with Gasteiger partial charge in [-0.25, -0.2) is 0 Å². The maximum atomic E-state index is 6.93. The Balaban J connectivity index is 3.16. The van der Waals surface area contributed by atoms with Crippen LogP contribution in [0.5, 0.6) is 0 Å². The SMILES string of the molecule is [B]/C(C=N)=C(/N)c1cccc(C)n1. The van der Waals surface area contributed by atoms with Gasteiger partial charge in [0, 0.05) is 11.9 Å². The van der Waals surface area contributed by atoms with Gasteiger partial charge in [0.2, 0.25) is 0 Å². The zero-order valence-electron chi connectivity index (χ0n) is 7.41. The number of pyridine rings is 1. The number of nitrogens with one attached hydrogen (secondary N) is 1. The molecule has 2 radical (unpaired) electrons. The number of rotatable bonds is 2. The van der Waals surface area contributed by atoms with Crippen molar-refractivity contribution in [3.63, 3.8) is 0 Å². The molecular weight excluding hydrogens is 161 g/mol. The summed E-state index contributed by atoms with van der Waals surface area (Å²) < 4.78 is 0. The summed E-state index contributed by atoms with van der Waals surface area (Å²) in [4.78, 5) is 4.18. The van der Waals surface area contributed by atoms with Crippen molar-refractivity contribution < 1.29 is 0 Å². The van der Waals surface area contributed by atoms with E-state index in [1.807, 2.05) is 19.1 Å². The minimum absolute atomic E-state index is 0.234. The van der Waals surface area contributed by atoms with Crippen LogP contribution in [-0.4, -0.2) is 19.0 Å². The molecule has 0 saturated carbocycles. The lowest BCUT2D eigenvalue weighted by molar-refractivity contribution is 1.16. The van der Waals surface area contributed by atoms with Crippen LogP contribution in [-0.2, 0) is 0 Å². The van der Waals surface area contributed by atoms with Crippen molar-refractivity contribution in [3.05, 3.63) is 35.1 Å². The molecule has 0 bridgehead atoms. The summed E-state index contributed by atoms with van der Waals surface area (Å²) in [7, 11) is 5.47. The van der Waals surface area contributed by atoms with Gasteiger partial charge in [0.1, 0.15) is 7.85 Å². The van der Waals surface area contributed by atoms with Crippen LogP contribution in [0.1, 0.15) is 11.4 Å². The van der Waals surface area contributed by atoms with Gasteiger partial charge in [-0.15, -0.1) is 0 Å². The van der Waals surface area contributed by atoms with Crippen LogP contribution in [0.2, 0.25) is 0 Å². The van der Waals surface area contributed by atoms with Crippen LogP contribution in [0, 0.1) is 12.3 Å². The average molecular weight is 171 g/mol. The van der Waals surface area contributed by atoms with E-state index in [0.717, 1.165) is 11.9 Å². The van der Waals surface area contributed by atoms with Gasteiger partial charge in [0.25, 0.3) is 0 Å². The predicted molar refractivity (Wildman–Crippen MR) is 54.6 cm³/mol. The highest BCUT2D eigenvalue weighted by molar-refractivity contribution is 6.35. The summed E-state index contributed by atoms with van der Waals surface area (Å²) in [6.45, 7) is 1.87. The first-order valence-electron chi connectivity index (χ1n) is 3.85. The lowest BCUT2D eigenvalue weighted by atomic mass is 9.93. The molecule has 0 amide bonds. The molecule has 0 aromatic carbocycles. The molecule has 0 fully saturated rings. The van der Waals surface area contributed by atoms with Crippen molar-refractivity contribution >= 4 is 19.8 Å². The number of hydrogen-bond acceptors (Lipinski definition) is 3. The largest absolute Gasteiger partial charge is 0.397 e. The molecule has 0 aliphatic heterocycles. The van der Waals surface area contributed by atoms with Crippen molar-refractivity contribution in [2.45, 2.75) is 6.92 Å². The van der Waals surface area contributed by atoms with Crippen LogP contribution in [0.3, 0.4) is 0 Å². The zero-order chi connectivity index (χ0) is 9.84. The van der Waals surface area contributed by atoms with Gasteiger partial charge < -0.3 is 11.1 Å². The molecule has 0 unspecified atom stereocenters. The van der Waals surface area contributed by atoms with E-state index < -0.39 is 0 Å². The fourth-order valence-corrected chi connectivity index (χ4v) is 0.919. The van der Waals surface area contributed by atoms with Gasteiger partial charge in [-0.05, 0) is 19.1 Å². The number of nitrogens with zero attached hydrogens (tertiary/aromatic N) is 1. The van der Waals surface area contributed by atoms with Crippen LogP contribution in [0.25, 0.3) is 5.70 Å². The Morgan fingerprint density at radius 2 is 2.31 bits per heavy atom. The lowest BCUT2D eigenvalue weighted by Gasteiger charge is -2.03. The second kappa shape index (κ2) is 3.89. The normalized spacial score (nSPS) is 12.1. The third kappa shape index (κ3) is 2.18. The zero-order valence-corrected chi connectivity index (χ0v) is 7.41. The second-order valence-electron chi connectivity index (χ2n) is 2.68. The maximum absolute atomic E-state index is 6.93. The smallest absolute Gasteiger partial charge is 0.118 e. The van der Waals surface area contributed by atoms with Gasteiger partial charge in [0.15, 0.2) is 0 Å². The number of hydrogen-bond donors (Lipinski definition) is 2. The van der Waals surface area contributed by atoms with Gasteiger partial charge in [-0.1, -0.05) is 11.5 Å². The molecule has 0 saturated heterocycles. The monoisotopic (exact) mass is 171 g/mol. The molecule has 1 aromatic rings. The molecule has 0 spiro atoms. The molecule has 1 aromatic heterocycles. The maximum Gasteiger partial charge on any atom is 0.118 e. The van der Waals surface area contributed by atoms with E-state index in [-0.39, 0.29) is 5.47 Å². The van der Waals surface area contributed by atoms with E-state index in [1.165, 1.54) is 0 Å². The highest BCUT2D eigenvalue weighted by Crippen LogP contribution is 2.08. The van der Waals surface area contributed by atoms with Gasteiger partial charge >= 0.3 is 0 Å². The summed E-state index contributed by atoms with van der Waals surface area (Å²) in [6.07, 6.45) is 1.01. The molecule has 1 heterocycles. The standard InChI is InChI=1S/C9H10BN3/c1-6-3-2-4-8(13-6)9(12)7(10)5-11/h2-5,11H,12H2,1H3/b9-7+,11-5?. The number of nitrogens with two attached hydrogens (primary N) is 1. The predicted octanol–water partition coefficient (Wildman–Crippen LogP) is 0.835. The topological polar surface area (TPSA) is 62.8 Å². The van der Waals surface area contributed by atoms with E-state index in [0.29, 0.717) is 11.4 Å².